The summed E-state index contributed by atoms with van der Waals surface area (Å²) in [6.07, 6.45) is 0.959. The molecular weight excluding hydrogens is 674 g/mol. The van der Waals surface area contributed by atoms with Gasteiger partial charge in [-0.15, -0.1) is 0 Å². The first kappa shape index (κ1) is 34.2. The summed E-state index contributed by atoms with van der Waals surface area (Å²) in [4.78, 5) is 29.9. The number of carbonyl (C=O) groups is 2. The molecule has 0 aliphatic carbocycles. The Kier molecular flexibility index (Phi) is 11.8. The first-order chi connectivity index (χ1) is 21.5. The van der Waals surface area contributed by atoms with E-state index in [2.05, 4.69) is 21.2 Å². The molecule has 0 spiro atoms. The van der Waals surface area contributed by atoms with Gasteiger partial charge in [-0.05, 0) is 85.5 Å². The Morgan fingerprint density at radius 2 is 1.56 bits per heavy atom. The lowest BCUT2D eigenvalue weighted by atomic mass is 10.0. The van der Waals surface area contributed by atoms with Crippen molar-refractivity contribution in [3.63, 3.8) is 0 Å². The molecule has 0 aromatic heterocycles. The van der Waals surface area contributed by atoms with Gasteiger partial charge in [0, 0.05) is 28.5 Å². The molecule has 10 heteroatoms. The molecule has 236 valence electrons. The van der Waals surface area contributed by atoms with Crippen LogP contribution in [0.3, 0.4) is 0 Å². The lowest BCUT2D eigenvalue weighted by Crippen LogP contribution is -2.54. The molecule has 2 unspecified atom stereocenters. The zero-order chi connectivity index (χ0) is 32.6. The van der Waals surface area contributed by atoms with Crippen molar-refractivity contribution >= 4 is 55.1 Å². The molecule has 0 radical (unpaired) electrons. The molecule has 7 nitrogen and oxygen atoms in total. The zero-order valence-corrected chi connectivity index (χ0v) is 28.6. The summed E-state index contributed by atoms with van der Waals surface area (Å²) in [5, 5.41) is 3.44. The minimum atomic E-state index is -4.20. The number of anilines is 1. The molecule has 4 rings (SSSR count). The van der Waals surface area contributed by atoms with Gasteiger partial charge in [-0.3, -0.25) is 13.9 Å². The number of carbonyl (C=O) groups excluding carboxylic acids is 2. The summed E-state index contributed by atoms with van der Waals surface area (Å²) >= 11 is 9.57. The van der Waals surface area contributed by atoms with Crippen molar-refractivity contribution in [3.8, 4) is 0 Å². The number of sulfonamides is 1. The molecule has 0 saturated carbocycles. The van der Waals surface area contributed by atoms with Crippen molar-refractivity contribution in [3.05, 3.63) is 129 Å². The Balaban J connectivity index is 1.81. The van der Waals surface area contributed by atoms with Crippen LogP contribution in [0.25, 0.3) is 0 Å². The molecule has 4 aromatic rings. The SMILES string of the molecule is CCC(C)NC(=O)C(Cc1ccccc1)N(Cc1cccc(Br)c1)C(=O)CN(c1cccc(C)c1)S(=O)(=O)c1ccc(Cl)cc1. The summed E-state index contributed by atoms with van der Waals surface area (Å²) in [5.74, 6) is -0.825. The maximum Gasteiger partial charge on any atom is 0.264 e. The Morgan fingerprint density at radius 3 is 2.20 bits per heavy atom. The monoisotopic (exact) mass is 709 g/mol. The Bertz CT molecular complexity index is 1720. The van der Waals surface area contributed by atoms with Crippen LogP contribution in [0.2, 0.25) is 5.02 Å². The van der Waals surface area contributed by atoms with Crippen molar-refractivity contribution in [1.29, 1.82) is 0 Å². The van der Waals surface area contributed by atoms with Crippen molar-refractivity contribution < 1.29 is 18.0 Å². The molecule has 2 atom stereocenters. The highest BCUT2D eigenvalue weighted by Gasteiger charge is 2.35. The molecule has 0 heterocycles. The molecule has 4 aromatic carbocycles. The van der Waals surface area contributed by atoms with Crippen molar-refractivity contribution in [2.75, 3.05) is 10.8 Å². The van der Waals surface area contributed by atoms with Crippen molar-refractivity contribution in [2.24, 2.45) is 0 Å². The van der Waals surface area contributed by atoms with Gasteiger partial charge in [0.2, 0.25) is 11.8 Å². The highest BCUT2D eigenvalue weighted by atomic mass is 79.9. The number of amides is 2. The molecule has 0 fully saturated rings. The van der Waals surface area contributed by atoms with E-state index in [1.54, 1.807) is 18.2 Å². The van der Waals surface area contributed by atoms with E-state index < -0.39 is 28.5 Å². The Hall–Kier alpha value is -3.66. The van der Waals surface area contributed by atoms with Crippen LogP contribution in [0.15, 0.2) is 112 Å². The number of benzene rings is 4. The number of halogens is 2. The topological polar surface area (TPSA) is 86.8 Å². The summed E-state index contributed by atoms with van der Waals surface area (Å²) in [7, 11) is -4.20. The molecule has 0 aliphatic heterocycles. The van der Waals surface area contributed by atoms with Crippen LogP contribution >= 0.6 is 27.5 Å². The van der Waals surface area contributed by atoms with E-state index >= 15 is 0 Å². The third-order valence-electron chi connectivity index (χ3n) is 7.48. The van der Waals surface area contributed by atoms with Gasteiger partial charge < -0.3 is 10.2 Å². The predicted molar refractivity (Wildman–Crippen MR) is 184 cm³/mol. The maximum absolute atomic E-state index is 14.5. The van der Waals surface area contributed by atoms with E-state index in [1.165, 1.54) is 29.2 Å². The maximum atomic E-state index is 14.5. The van der Waals surface area contributed by atoms with E-state index in [0.717, 1.165) is 25.5 Å². The van der Waals surface area contributed by atoms with Crippen LogP contribution in [-0.4, -0.2) is 43.8 Å². The van der Waals surface area contributed by atoms with Gasteiger partial charge in [0.25, 0.3) is 10.0 Å². The fourth-order valence-corrected chi connectivity index (χ4v) is 6.85. The number of aryl methyl sites for hydroxylation is 1. The summed E-state index contributed by atoms with van der Waals surface area (Å²) in [5.41, 5.74) is 2.83. The average Bonchev–Trinajstić information content (AvgIpc) is 3.02. The van der Waals surface area contributed by atoms with Crippen LogP contribution in [0.1, 0.15) is 37.0 Å². The fraction of sp³-hybridized carbons (Fsp3) is 0.257. The highest BCUT2D eigenvalue weighted by Crippen LogP contribution is 2.27. The van der Waals surface area contributed by atoms with E-state index in [0.29, 0.717) is 17.1 Å². The van der Waals surface area contributed by atoms with E-state index in [4.69, 9.17) is 11.6 Å². The highest BCUT2D eigenvalue weighted by molar-refractivity contribution is 9.10. The summed E-state index contributed by atoms with van der Waals surface area (Å²) in [6.45, 7) is 5.31. The second kappa shape index (κ2) is 15.6. The van der Waals surface area contributed by atoms with Gasteiger partial charge >= 0.3 is 0 Å². The molecule has 0 aliphatic rings. The molecule has 2 amide bonds. The molecule has 45 heavy (non-hydrogen) atoms. The molecule has 0 bridgehead atoms. The van der Waals surface area contributed by atoms with Crippen molar-refractivity contribution in [2.45, 2.75) is 57.1 Å². The Morgan fingerprint density at radius 1 is 0.889 bits per heavy atom. The third kappa shape index (κ3) is 9.19. The lowest BCUT2D eigenvalue weighted by molar-refractivity contribution is -0.140. The summed E-state index contributed by atoms with van der Waals surface area (Å²) in [6, 6.07) is 28.8. The number of nitrogens with one attached hydrogen (secondary N) is 1. The number of hydrogen-bond acceptors (Lipinski definition) is 4. The predicted octanol–water partition coefficient (Wildman–Crippen LogP) is 7.16. The van der Waals surface area contributed by atoms with Gasteiger partial charge in [0.15, 0.2) is 0 Å². The molecule has 0 saturated heterocycles. The second-order valence-electron chi connectivity index (χ2n) is 11.0. The normalized spacial score (nSPS) is 12.6. The van der Waals surface area contributed by atoms with Gasteiger partial charge in [0.1, 0.15) is 12.6 Å². The van der Waals surface area contributed by atoms with Crippen LogP contribution in [0.4, 0.5) is 5.69 Å². The van der Waals surface area contributed by atoms with Gasteiger partial charge in [0.05, 0.1) is 10.6 Å². The quantitative estimate of drug-likeness (QED) is 0.160. The summed E-state index contributed by atoms with van der Waals surface area (Å²) < 4.78 is 30.2. The van der Waals surface area contributed by atoms with Gasteiger partial charge in [-0.25, -0.2) is 8.42 Å². The minimum absolute atomic E-state index is 0.00454. The van der Waals surface area contributed by atoms with E-state index in [1.807, 2.05) is 81.4 Å². The largest absolute Gasteiger partial charge is 0.352 e. The molecular formula is C35H37BrClN3O4S. The van der Waals surface area contributed by atoms with Crippen LogP contribution in [0, 0.1) is 6.92 Å². The lowest BCUT2D eigenvalue weighted by Gasteiger charge is -2.34. The van der Waals surface area contributed by atoms with Crippen LogP contribution in [-0.2, 0) is 32.6 Å². The number of nitrogens with zero attached hydrogens (tertiary/aromatic N) is 2. The zero-order valence-electron chi connectivity index (χ0n) is 25.5. The Labute approximate surface area is 279 Å². The van der Waals surface area contributed by atoms with Gasteiger partial charge in [-0.2, -0.15) is 0 Å². The second-order valence-corrected chi connectivity index (χ2v) is 14.2. The smallest absolute Gasteiger partial charge is 0.264 e. The van der Waals surface area contributed by atoms with E-state index in [9.17, 15) is 18.0 Å². The first-order valence-corrected chi connectivity index (χ1v) is 17.3. The number of rotatable bonds is 13. The van der Waals surface area contributed by atoms with Crippen LogP contribution < -0.4 is 9.62 Å². The van der Waals surface area contributed by atoms with E-state index in [-0.39, 0.29) is 29.8 Å². The average molecular weight is 711 g/mol. The standard InChI is InChI=1S/C35H37BrClN3O4S/c1-4-26(3)38-35(42)33(22-27-11-6-5-7-12-27)39(23-28-13-9-14-29(36)21-28)34(41)24-40(31-15-8-10-25(2)20-31)45(43,44)32-18-16-30(37)17-19-32/h5-21,26,33H,4,22-24H2,1-3H3,(H,38,42). The van der Waals surface area contributed by atoms with Crippen LogP contribution in [0.5, 0.6) is 0 Å². The minimum Gasteiger partial charge on any atom is -0.352 e. The first-order valence-electron chi connectivity index (χ1n) is 14.7. The fourth-order valence-electron chi connectivity index (χ4n) is 4.87. The molecule has 1 N–H and O–H groups in total. The van der Waals surface area contributed by atoms with Gasteiger partial charge in [-0.1, -0.05) is 89.1 Å². The number of hydrogen-bond donors (Lipinski definition) is 1. The third-order valence-corrected chi connectivity index (χ3v) is 10.0. The van der Waals surface area contributed by atoms with Crippen molar-refractivity contribution in [1.82, 2.24) is 10.2 Å².